The fourth-order valence-corrected chi connectivity index (χ4v) is 1.50. The minimum atomic E-state index is -0.411. The van der Waals surface area contributed by atoms with Crippen LogP contribution in [0, 0.1) is 17.1 Å². The van der Waals surface area contributed by atoms with Crippen LogP contribution in [0.2, 0.25) is 0 Å². The second-order valence-corrected chi connectivity index (χ2v) is 3.46. The van der Waals surface area contributed by atoms with Crippen LogP contribution in [0.15, 0.2) is 42.5 Å². The Balaban J connectivity index is 2.52. The summed E-state index contributed by atoms with van der Waals surface area (Å²) in [6.07, 6.45) is 0. The van der Waals surface area contributed by atoms with E-state index in [2.05, 4.69) is 0 Å². The molecule has 3 heteroatoms. The van der Waals surface area contributed by atoms with Crippen molar-refractivity contribution < 1.29 is 4.39 Å². The molecule has 0 fully saturated rings. The molecule has 2 rings (SSSR count). The molecule has 0 atom stereocenters. The Bertz CT molecular complexity index is 553. The molecule has 78 valence electrons. The van der Waals surface area contributed by atoms with Crippen LogP contribution in [0.5, 0.6) is 0 Å². The van der Waals surface area contributed by atoms with E-state index >= 15 is 0 Å². The van der Waals surface area contributed by atoms with Gasteiger partial charge in [0.1, 0.15) is 5.82 Å². The number of hydrogen-bond acceptors (Lipinski definition) is 2. The third-order valence-corrected chi connectivity index (χ3v) is 2.27. The van der Waals surface area contributed by atoms with Gasteiger partial charge in [-0.25, -0.2) is 4.39 Å². The van der Waals surface area contributed by atoms with Gasteiger partial charge in [0.2, 0.25) is 0 Å². The predicted octanol–water partition coefficient (Wildman–Crippen LogP) is 2.95. The van der Waals surface area contributed by atoms with Crippen LogP contribution >= 0.6 is 0 Å². The second kappa shape index (κ2) is 4.03. The predicted molar refractivity (Wildman–Crippen MR) is 61.0 cm³/mol. The van der Waals surface area contributed by atoms with Crippen molar-refractivity contribution in [1.82, 2.24) is 0 Å². The lowest BCUT2D eigenvalue weighted by molar-refractivity contribution is 0.628. The maximum atomic E-state index is 13.2. The summed E-state index contributed by atoms with van der Waals surface area (Å²) in [6, 6.07) is 13.3. The molecular weight excluding hydrogens is 203 g/mol. The van der Waals surface area contributed by atoms with Crippen LogP contribution < -0.4 is 5.73 Å². The molecule has 0 aliphatic rings. The van der Waals surface area contributed by atoms with Crippen LogP contribution in [-0.2, 0) is 0 Å². The van der Waals surface area contributed by atoms with E-state index in [1.54, 1.807) is 30.3 Å². The van der Waals surface area contributed by atoms with Gasteiger partial charge in [0.25, 0.3) is 0 Å². The highest BCUT2D eigenvalue weighted by atomic mass is 19.1. The van der Waals surface area contributed by atoms with Crippen molar-refractivity contribution in [2.45, 2.75) is 0 Å². The first kappa shape index (κ1) is 10.2. The summed E-state index contributed by atoms with van der Waals surface area (Å²) >= 11 is 0. The van der Waals surface area contributed by atoms with Crippen LogP contribution in [0.25, 0.3) is 11.1 Å². The van der Waals surface area contributed by atoms with Crippen LogP contribution in [0.4, 0.5) is 10.1 Å². The maximum Gasteiger partial charge on any atom is 0.125 e. The van der Waals surface area contributed by atoms with Gasteiger partial charge < -0.3 is 5.73 Å². The van der Waals surface area contributed by atoms with Gasteiger partial charge in [0.05, 0.1) is 11.6 Å². The fourth-order valence-electron chi connectivity index (χ4n) is 1.50. The van der Waals surface area contributed by atoms with Gasteiger partial charge in [-0.05, 0) is 41.5 Å². The Morgan fingerprint density at radius 3 is 2.31 bits per heavy atom. The zero-order valence-electron chi connectivity index (χ0n) is 8.44. The molecule has 0 aromatic heterocycles. The summed E-state index contributed by atoms with van der Waals surface area (Å²) in [5.41, 5.74) is 8.05. The fraction of sp³-hybridized carbons (Fsp3) is 0. The van der Waals surface area contributed by atoms with Crippen molar-refractivity contribution in [1.29, 1.82) is 5.26 Å². The Hall–Kier alpha value is -2.34. The molecule has 2 N–H and O–H groups in total. The SMILES string of the molecule is N#Cc1cc(F)cc(-c2ccc(N)cc2)c1. The third kappa shape index (κ3) is 2.01. The summed E-state index contributed by atoms with van der Waals surface area (Å²) in [5, 5.41) is 8.74. The Kier molecular flexibility index (Phi) is 2.57. The summed E-state index contributed by atoms with van der Waals surface area (Å²) in [7, 11) is 0. The lowest BCUT2D eigenvalue weighted by Gasteiger charge is -2.03. The van der Waals surface area contributed by atoms with Crippen molar-refractivity contribution in [3.8, 4) is 17.2 Å². The van der Waals surface area contributed by atoms with E-state index < -0.39 is 5.82 Å². The van der Waals surface area contributed by atoms with Crippen molar-refractivity contribution >= 4 is 5.69 Å². The average molecular weight is 212 g/mol. The van der Waals surface area contributed by atoms with Gasteiger partial charge in [-0.2, -0.15) is 5.26 Å². The summed E-state index contributed by atoms with van der Waals surface area (Å²) in [4.78, 5) is 0. The van der Waals surface area contributed by atoms with Gasteiger partial charge >= 0.3 is 0 Å². The highest BCUT2D eigenvalue weighted by molar-refractivity contribution is 5.67. The molecule has 16 heavy (non-hydrogen) atoms. The van der Waals surface area contributed by atoms with Crippen molar-refractivity contribution in [3.05, 3.63) is 53.8 Å². The molecule has 0 unspecified atom stereocenters. The average Bonchev–Trinajstić information content (AvgIpc) is 2.29. The summed E-state index contributed by atoms with van der Waals surface area (Å²) < 4.78 is 13.2. The number of benzene rings is 2. The van der Waals surface area contributed by atoms with Crippen molar-refractivity contribution in [2.24, 2.45) is 0 Å². The van der Waals surface area contributed by atoms with Gasteiger partial charge in [-0.1, -0.05) is 12.1 Å². The molecule has 2 aromatic carbocycles. The van der Waals surface area contributed by atoms with E-state index in [4.69, 9.17) is 11.0 Å². The molecule has 0 saturated carbocycles. The van der Waals surface area contributed by atoms with Gasteiger partial charge in [0, 0.05) is 5.69 Å². The van der Waals surface area contributed by atoms with E-state index in [0.717, 1.165) is 5.56 Å². The molecule has 2 aromatic rings. The quantitative estimate of drug-likeness (QED) is 0.739. The van der Waals surface area contributed by atoms with Crippen molar-refractivity contribution in [3.63, 3.8) is 0 Å². The smallest absolute Gasteiger partial charge is 0.125 e. The number of nitrogens with zero attached hydrogens (tertiary/aromatic N) is 1. The van der Waals surface area contributed by atoms with Crippen LogP contribution in [0.1, 0.15) is 5.56 Å². The first-order chi connectivity index (χ1) is 7.69. The summed E-state index contributed by atoms with van der Waals surface area (Å²) in [5.74, 6) is -0.411. The van der Waals surface area contributed by atoms with Crippen LogP contribution in [-0.4, -0.2) is 0 Å². The van der Waals surface area contributed by atoms with Crippen LogP contribution in [0.3, 0.4) is 0 Å². The van der Waals surface area contributed by atoms with Gasteiger partial charge in [-0.3, -0.25) is 0 Å². The zero-order chi connectivity index (χ0) is 11.5. The number of halogens is 1. The normalized spacial score (nSPS) is 9.75. The number of nitrogen functional groups attached to an aromatic ring is 1. The first-order valence-electron chi connectivity index (χ1n) is 4.75. The largest absolute Gasteiger partial charge is 0.399 e. The molecule has 0 aliphatic heterocycles. The van der Waals surface area contributed by atoms with Gasteiger partial charge in [-0.15, -0.1) is 0 Å². The van der Waals surface area contributed by atoms with E-state index in [1.807, 2.05) is 6.07 Å². The lowest BCUT2D eigenvalue weighted by atomic mass is 10.0. The van der Waals surface area contributed by atoms with E-state index in [0.29, 0.717) is 16.8 Å². The number of nitrogens with two attached hydrogens (primary N) is 1. The molecule has 0 radical (unpaired) electrons. The lowest BCUT2D eigenvalue weighted by Crippen LogP contribution is -1.86. The Labute approximate surface area is 92.8 Å². The minimum absolute atomic E-state index is 0.312. The van der Waals surface area contributed by atoms with E-state index in [1.165, 1.54) is 12.1 Å². The number of nitriles is 1. The molecule has 0 amide bonds. The topological polar surface area (TPSA) is 49.8 Å². The molecule has 0 spiro atoms. The van der Waals surface area contributed by atoms with E-state index in [9.17, 15) is 4.39 Å². The standard InChI is InChI=1S/C13H9FN2/c14-12-6-9(8-15)5-11(7-12)10-1-3-13(16)4-2-10/h1-7H,16H2. The summed E-state index contributed by atoms with van der Waals surface area (Å²) in [6.45, 7) is 0. The number of hydrogen-bond donors (Lipinski definition) is 1. The Morgan fingerprint density at radius 2 is 1.69 bits per heavy atom. The van der Waals surface area contributed by atoms with Crippen molar-refractivity contribution in [2.75, 3.05) is 5.73 Å². The minimum Gasteiger partial charge on any atom is -0.399 e. The molecule has 0 bridgehead atoms. The zero-order valence-corrected chi connectivity index (χ0v) is 8.44. The molecule has 0 heterocycles. The molecule has 2 nitrogen and oxygen atoms in total. The highest BCUT2D eigenvalue weighted by Crippen LogP contribution is 2.22. The molecule has 0 saturated heterocycles. The van der Waals surface area contributed by atoms with E-state index in [-0.39, 0.29) is 0 Å². The number of rotatable bonds is 1. The third-order valence-electron chi connectivity index (χ3n) is 2.27. The second-order valence-electron chi connectivity index (χ2n) is 3.46. The highest BCUT2D eigenvalue weighted by Gasteiger charge is 2.02. The molecule has 0 aliphatic carbocycles. The van der Waals surface area contributed by atoms with Gasteiger partial charge in [0.15, 0.2) is 0 Å². The monoisotopic (exact) mass is 212 g/mol. The first-order valence-corrected chi connectivity index (χ1v) is 4.75. The number of anilines is 1. The maximum absolute atomic E-state index is 13.2. The molecular formula is C13H9FN2. The Morgan fingerprint density at radius 1 is 1.00 bits per heavy atom.